The molecule has 0 heterocycles. The molecule has 2 aromatic rings. The lowest BCUT2D eigenvalue weighted by molar-refractivity contribution is 0.474. The summed E-state index contributed by atoms with van der Waals surface area (Å²) < 4.78 is 28.1. The van der Waals surface area contributed by atoms with Gasteiger partial charge in [0.15, 0.2) is 0 Å². The van der Waals surface area contributed by atoms with E-state index in [1.807, 2.05) is 0 Å². The molecule has 2 aromatic carbocycles. The van der Waals surface area contributed by atoms with Crippen LogP contribution in [0.5, 0.6) is 5.75 Å². The van der Waals surface area contributed by atoms with Crippen LogP contribution in [0.4, 0.5) is 11.4 Å². The maximum absolute atomic E-state index is 12.7. The molecule has 0 fully saturated rings. The van der Waals surface area contributed by atoms with E-state index in [1.54, 1.807) is 24.3 Å². The molecule has 0 saturated carbocycles. The Morgan fingerprint density at radius 1 is 0.758 bits per heavy atom. The molecule has 0 radical (unpaired) electrons. The zero-order chi connectivity index (χ0) is 23.9. The number of anilines is 2. The standard InChI is InChI=1S/C27H42N2O3S/c1-2-3-4-5-6-7-8-9-10-11-12-13-14-15-23-22-25(30)18-21-27(23)29-33(31,32)26-19-16-24(28)17-20-26/h16-22,29-30H,2-15,28H2,1H3. The summed E-state index contributed by atoms with van der Waals surface area (Å²) in [5.74, 6) is 0.148. The van der Waals surface area contributed by atoms with Gasteiger partial charge >= 0.3 is 0 Å². The molecule has 4 N–H and O–H groups in total. The molecule has 0 saturated heterocycles. The number of nitrogen functional groups attached to an aromatic ring is 1. The van der Waals surface area contributed by atoms with Gasteiger partial charge in [0.2, 0.25) is 0 Å². The van der Waals surface area contributed by atoms with Crippen molar-refractivity contribution in [3.05, 3.63) is 48.0 Å². The number of nitrogens with one attached hydrogen (secondary N) is 1. The van der Waals surface area contributed by atoms with Gasteiger partial charge in [0.1, 0.15) is 5.75 Å². The quantitative estimate of drug-likeness (QED) is 0.126. The third-order valence-corrected chi connectivity index (χ3v) is 7.45. The van der Waals surface area contributed by atoms with Crippen LogP contribution in [0.15, 0.2) is 47.4 Å². The van der Waals surface area contributed by atoms with Crippen molar-refractivity contribution in [2.45, 2.75) is 102 Å². The summed E-state index contributed by atoms with van der Waals surface area (Å²) in [6.45, 7) is 2.26. The van der Waals surface area contributed by atoms with Gasteiger partial charge in [-0.3, -0.25) is 4.72 Å². The highest BCUT2D eigenvalue weighted by Crippen LogP contribution is 2.26. The Bertz CT molecular complexity index is 911. The van der Waals surface area contributed by atoms with Crippen molar-refractivity contribution in [2.24, 2.45) is 0 Å². The van der Waals surface area contributed by atoms with Gasteiger partial charge in [0, 0.05) is 5.69 Å². The zero-order valence-electron chi connectivity index (χ0n) is 20.2. The summed E-state index contributed by atoms with van der Waals surface area (Å²) in [5.41, 5.74) is 7.51. The molecule has 6 heteroatoms. The molecular weight excluding hydrogens is 432 g/mol. The number of benzene rings is 2. The predicted molar refractivity (Wildman–Crippen MR) is 139 cm³/mol. The Morgan fingerprint density at radius 3 is 1.82 bits per heavy atom. The third-order valence-electron chi connectivity index (χ3n) is 6.07. The minimum Gasteiger partial charge on any atom is -0.508 e. The summed E-state index contributed by atoms with van der Waals surface area (Å²) in [6, 6.07) is 10.9. The first-order chi connectivity index (χ1) is 15.9. The van der Waals surface area contributed by atoms with Gasteiger partial charge < -0.3 is 10.8 Å². The maximum Gasteiger partial charge on any atom is 0.261 e. The van der Waals surface area contributed by atoms with E-state index in [-0.39, 0.29) is 10.6 Å². The second kappa shape index (κ2) is 14.8. The van der Waals surface area contributed by atoms with E-state index in [2.05, 4.69) is 11.6 Å². The molecule has 0 spiro atoms. The second-order valence-corrected chi connectivity index (χ2v) is 10.7. The van der Waals surface area contributed by atoms with Crippen LogP contribution in [0.3, 0.4) is 0 Å². The Hall–Kier alpha value is -2.21. The van der Waals surface area contributed by atoms with Gasteiger partial charge in [-0.25, -0.2) is 8.42 Å². The summed E-state index contributed by atoms with van der Waals surface area (Å²) >= 11 is 0. The highest BCUT2D eigenvalue weighted by atomic mass is 32.2. The highest BCUT2D eigenvalue weighted by molar-refractivity contribution is 7.92. The lowest BCUT2D eigenvalue weighted by Gasteiger charge is -2.13. The number of sulfonamides is 1. The molecule has 0 atom stereocenters. The fourth-order valence-electron chi connectivity index (χ4n) is 4.07. The molecule has 0 bridgehead atoms. The van der Waals surface area contributed by atoms with Crippen LogP contribution in [0, 0.1) is 0 Å². The van der Waals surface area contributed by atoms with E-state index in [9.17, 15) is 13.5 Å². The first-order valence-corrected chi connectivity index (χ1v) is 14.1. The number of hydrogen-bond donors (Lipinski definition) is 3. The molecule has 0 unspecified atom stereocenters. The van der Waals surface area contributed by atoms with Crippen LogP contribution >= 0.6 is 0 Å². The molecular formula is C27H42N2O3S. The summed E-state index contributed by atoms with van der Waals surface area (Å²) in [4.78, 5) is 0.164. The SMILES string of the molecule is CCCCCCCCCCCCCCCc1cc(O)ccc1NS(=O)(=O)c1ccc(N)cc1. The largest absolute Gasteiger partial charge is 0.508 e. The molecule has 0 aliphatic rings. The van der Waals surface area contributed by atoms with Crippen LogP contribution in [-0.4, -0.2) is 13.5 Å². The minimum absolute atomic E-state index is 0.148. The van der Waals surface area contributed by atoms with E-state index in [4.69, 9.17) is 5.73 Å². The highest BCUT2D eigenvalue weighted by Gasteiger charge is 2.16. The summed E-state index contributed by atoms with van der Waals surface area (Å²) in [7, 11) is -3.71. The zero-order valence-corrected chi connectivity index (χ0v) is 21.0. The van der Waals surface area contributed by atoms with Gasteiger partial charge in [0.05, 0.1) is 10.6 Å². The van der Waals surface area contributed by atoms with E-state index in [0.29, 0.717) is 11.4 Å². The Balaban J connectivity index is 1.70. The lowest BCUT2D eigenvalue weighted by Crippen LogP contribution is -2.14. The number of phenols is 1. The average molecular weight is 475 g/mol. The van der Waals surface area contributed by atoms with E-state index < -0.39 is 10.0 Å². The van der Waals surface area contributed by atoms with E-state index in [1.165, 1.54) is 88.8 Å². The third kappa shape index (κ3) is 10.5. The smallest absolute Gasteiger partial charge is 0.261 e. The number of unbranched alkanes of at least 4 members (excludes halogenated alkanes) is 12. The number of aromatic hydroxyl groups is 1. The van der Waals surface area contributed by atoms with Crippen LogP contribution < -0.4 is 10.5 Å². The van der Waals surface area contributed by atoms with Crippen molar-refractivity contribution < 1.29 is 13.5 Å². The van der Waals surface area contributed by atoms with Gasteiger partial charge in [-0.05, 0) is 60.9 Å². The van der Waals surface area contributed by atoms with Gasteiger partial charge in [-0.1, -0.05) is 84.0 Å². The number of phenolic OH excluding ortho intramolecular Hbond substituents is 1. The van der Waals surface area contributed by atoms with E-state index >= 15 is 0 Å². The predicted octanol–water partition coefficient (Wildman–Crippen LogP) is 7.41. The van der Waals surface area contributed by atoms with Crippen molar-refractivity contribution in [1.29, 1.82) is 0 Å². The van der Waals surface area contributed by atoms with Gasteiger partial charge in [0.25, 0.3) is 10.0 Å². The van der Waals surface area contributed by atoms with Crippen molar-refractivity contribution in [3.63, 3.8) is 0 Å². The van der Waals surface area contributed by atoms with Crippen LogP contribution in [0.2, 0.25) is 0 Å². The average Bonchev–Trinajstić information content (AvgIpc) is 2.79. The van der Waals surface area contributed by atoms with Crippen LogP contribution in [0.25, 0.3) is 0 Å². The topological polar surface area (TPSA) is 92.4 Å². The number of rotatable bonds is 17. The van der Waals surface area contributed by atoms with Crippen LogP contribution in [-0.2, 0) is 16.4 Å². The fourth-order valence-corrected chi connectivity index (χ4v) is 5.17. The van der Waals surface area contributed by atoms with Crippen molar-refractivity contribution in [2.75, 3.05) is 10.5 Å². The molecule has 33 heavy (non-hydrogen) atoms. The summed E-state index contributed by atoms with van der Waals surface area (Å²) in [6.07, 6.45) is 17.5. The first kappa shape index (κ1) is 27.0. The molecule has 5 nitrogen and oxygen atoms in total. The molecule has 184 valence electrons. The normalized spacial score (nSPS) is 11.5. The minimum atomic E-state index is -3.71. The van der Waals surface area contributed by atoms with Crippen molar-refractivity contribution in [1.82, 2.24) is 0 Å². The Morgan fingerprint density at radius 2 is 1.27 bits per heavy atom. The monoisotopic (exact) mass is 474 g/mol. The number of hydrogen-bond acceptors (Lipinski definition) is 4. The molecule has 0 aromatic heterocycles. The second-order valence-electron chi connectivity index (χ2n) is 9.01. The molecule has 0 aliphatic carbocycles. The fraction of sp³-hybridized carbons (Fsp3) is 0.556. The molecule has 0 aliphatic heterocycles. The first-order valence-electron chi connectivity index (χ1n) is 12.6. The molecule has 2 rings (SSSR count). The van der Waals surface area contributed by atoms with Crippen LogP contribution in [0.1, 0.15) is 96.0 Å². The summed E-state index contributed by atoms with van der Waals surface area (Å²) in [5, 5.41) is 9.90. The van der Waals surface area contributed by atoms with Gasteiger partial charge in [-0.2, -0.15) is 0 Å². The Labute approximate surface area is 200 Å². The van der Waals surface area contributed by atoms with Gasteiger partial charge in [-0.15, -0.1) is 0 Å². The lowest BCUT2D eigenvalue weighted by atomic mass is 10.0. The van der Waals surface area contributed by atoms with Crippen molar-refractivity contribution in [3.8, 4) is 5.75 Å². The Kier molecular flexibility index (Phi) is 12.2. The number of aryl methyl sites for hydroxylation is 1. The van der Waals surface area contributed by atoms with E-state index in [0.717, 1.165) is 24.8 Å². The number of nitrogens with two attached hydrogens (primary N) is 1. The van der Waals surface area contributed by atoms with Crippen molar-refractivity contribution >= 4 is 21.4 Å². The maximum atomic E-state index is 12.7. The molecule has 0 amide bonds.